The molecule has 16 heavy (non-hydrogen) atoms. The summed E-state index contributed by atoms with van der Waals surface area (Å²) in [4.78, 5) is 11.1. The minimum Gasteiger partial charge on any atom is -0.628 e. The lowest BCUT2D eigenvalue weighted by Gasteiger charge is -2.07. The molecular weight excluding hydrogens is 216 g/mol. The predicted octanol–water partition coefficient (Wildman–Crippen LogP) is 1.68. The average Bonchev–Trinajstić information content (AvgIpc) is 2.27. The summed E-state index contributed by atoms with van der Waals surface area (Å²) >= 11 is 0. The first-order chi connectivity index (χ1) is 7.53. The highest BCUT2D eigenvalue weighted by Gasteiger charge is 2.28. The van der Waals surface area contributed by atoms with E-state index < -0.39 is 12.3 Å². The van der Waals surface area contributed by atoms with Crippen LogP contribution in [0.1, 0.15) is 40.5 Å². The van der Waals surface area contributed by atoms with E-state index in [9.17, 15) is 10.1 Å². The smallest absolute Gasteiger partial charge is 0.628 e. The number of ether oxygens (including phenoxy) is 3. The second-order valence-corrected chi connectivity index (χ2v) is 3.36. The Labute approximate surface area is 94.7 Å². The first-order valence-electron chi connectivity index (χ1n) is 5.25. The third kappa shape index (κ3) is 6.10. The minimum absolute atomic E-state index is 0.277. The fourth-order valence-corrected chi connectivity index (χ4v) is 0.648. The minimum atomic E-state index is -1.01. The molecule has 0 N–H and O–H groups in total. The van der Waals surface area contributed by atoms with E-state index in [1.54, 1.807) is 13.8 Å². The van der Waals surface area contributed by atoms with E-state index in [0.29, 0.717) is 12.8 Å². The van der Waals surface area contributed by atoms with Crippen molar-refractivity contribution in [3.8, 4) is 0 Å². The molecule has 0 rings (SSSR count). The van der Waals surface area contributed by atoms with E-state index in [2.05, 4.69) is 9.31 Å². The Balaban J connectivity index is 4.08. The second-order valence-electron chi connectivity index (χ2n) is 3.36. The van der Waals surface area contributed by atoms with Gasteiger partial charge in [-0.3, -0.25) is 4.58 Å². The summed E-state index contributed by atoms with van der Waals surface area (Å²) in [5.74, 6) is 0. The lowest BCUT2D eigenvalue weighted by Crippen LogP contribution is -2.23. The molecule has 94 valence electrons. The number of hydrogen-bond donors (Lipinski definition) is 0. The molecule has 6 nitrogen and oxygen atoms in total. The first kappa shape index (κ1) is 14.5. The highest BCUT2D eigenvalue weighted by atomic mass is 17.1. The predicted molar refractivity (Wildman–Crippen MR) is 53.6 cm³/mol. The summed E-state index contributed by atoms with van der Waals surface area (Å²) in [6.07, 6.45) is -1.01. The Morgan fingerprint density at radius 3 is 2.12 bits per heavy atom. The van der Waals surface area contributed by atoms with Crippen molar-refractivity contribution in [2.75, 3.05) is 0 Å². The van der Waals surface area contributed by atoms with Gasteiger partial charge in [-0.15, -0.1) is 0 Å². The van der Waals surface area contributed by atoms with Gasteiger partial charge >= 0.3 is 12.3 Å². The third-order valence-corrected chi connectivity index (χ3v) is 1.98. The molecule has 0 aromatic carbocycles. The molecule has 0 aromatic rings. The van der Waals surface area contributed by atoms with Crippen molar-refractivity contribution in [1.29, 1.82) is 0 Å². The summed E-state index contributed by atoms with van der Waals surface area (Å²) in [7, 11) is 0. The maximum atomic E-state index is 11.1. The zero-order chi connectivity index (χ0) is 12.6. The molecule has 0 aliphatic carbocycles. The lowest BCUT2D eigenvalue weighted by molar-refractivity contribution is -0.869. The van der Waals surface area contributed by atoms with Crippen LogP contribution in [-0.2, 0) is 14.2 Å². The summed E-state index contributed by atoms with van der Waals surface area (Å²) in [6.45, 7) is 7.11. The number of rotatable bonds is 4. The maximum absolute atomic E-state index is 11.1. The molecule has 2 unspecified atom stereocenters. The van der Waals surface area contributed by atoms with Crippen LogP contribution in [0.2, 0.25) is 0 Å². The lowest BCUT2D eigenvalue weighted by atomic mass is 10.3. The van der Waals surface area contributed by atoms with E-state index in [1.807, 2.05) is 13.8 Å². The van der Waals surface area contributed by atoms with Gasteiger partial charge in [0.15, 0.2) is 6.10 Å². The van der Waals surface area contributed by atoms with Crippen LogP contribution in [0.3, 0.4) is 0 Å². The van der Waals surface area contributed by atoms with Crippen LogP contribution >= 0.6 is 0 Å². The van der Waals surface area contributed by atoms with Gasteiger partial charge in [0.05, 0.1) is 0 Å². The van der Waals surface area contributed by atoms with Gasteiger partial charge in [0.1, 0.15) is 6.10 Å². The number of hydrogen-bond acceptors (Lipinski definition) is 5. The van der Waals surface area contributed by atoms with Crippen molar-refractivity contribution in [3.05, 3.63) is 0 Å². The number of carbonyl (C=O) groups is 1. The van der Waals surface area contributed by atoms with Crippen molar-refractivity contribution in [3.63, 3.8) is 0 Å². The number of carbonyl (C=O) groups excluding carboxylic acids is 2. The van der Waals surface area contributed by atoms with Gasteiger partial charge in [-0.1, -0.05) is 13.8 Å². The molecule has 0 aliphatic heterocycles. The fraction of sp³-hybridized carbons (Fsp3) is 0.800. The summed E-state index contributed by atoms with van der Waals surface area (Å²) < 4.78 is 17.6. The van der Waals surface area contributed by atoms with Gasteiger partial charge < -0.3 is 14.7 Å². The third-order valence-electron chi connectivity index (χ3n) is 1.98. The van der Waals surface area contributed by atoms with Crippen LogP contribution in [0.25, 0.3) is 0 Å². The van der Waals surface area contributed by atoms with Crippen molar-refractivity contribution in [2.24, 2.45) is 0 Å². The second kappa shape index (κ2) is 7.78. The monoisotopic (exact) mass is 234 g/mol. The maximum Gasteiger partial charge on any atom is 0.735 e. The zero-order valence-electron chi connectivity index (χ0n) is 10.0. The molecule has 6 heteroatoms. The first-order valence-corrected chi connectivity index (χ1v) is 5.25. The fourth-order valence-electron chi connectivity index (χ4n) is 0.648. The quantitative estimate of drug-likeness (QED) is 0.243. The van der Waals surface area contributed by atoms with Crippen LogP contribution in [0.15, 0.2) is 0 Å². The van der Waals surface area contributed by atoms with Crippen LogP contribution in [0, 0.1) is 0 Å². The molecule has 2 atom stereocenters. The Morgan fingerprint density at radius 2 is 1.69 bits per heavy atom. The van der Waals surface area contributed by atoms with E-state index in [1.165, 1.54) is 0 Å². The topological polar surface area (TPSA) is 79.1 Å². The SMILES string of the molecule is CCC(C)OC(=O)OC(OC(C)CC)=[O+][O-]. The molecule has 0 fully saturated rings. The molecular formula is C10H18O6. The van der Waals surface area contributed by atoms with Gasteiger partial charge in [-0.2, -0.15) is 4.79 Å². The van der Waals surface area contributed by atoms with Gasteiger partial charge in [-0.05, 0) is 26.7 Å². The molecule has 0 saturated carbocycles. The van der Waals surface area contributed by atoms with E-state index in [-0.39, 0.29) is 12.2 Å². The Hall–Kier alpha value is -1.46. The summed E-state index contributed by atoms with van der Waals surface area (Å²) in [6, 6.07) is 0. The molecule has 0 radical (unpaired) electrons. The molecule has 0 saturated heterocycles. The van der Waals surface area contributed by atoms with E-state index in [0.717, 1.165) is 0 Å². The Bertz CT molecular complexity index is 237. The standard InChI is InChI=1S/C10H18O6/c1-5-7(3)13-9(11)15-10(16-12)14-8(4)6-2/h7-8H,5-6H2,1-4H3. The normalized spacial score (nSPS) is 15.1. The van der Waals surface area contributed by atoms with Crippen LogP contribution in [0.5, 0.6) is 0 Å². The van der Waals surface area contributed by atoms with Crippen molar-refractivity contribution in [1.82, 2.24) is 0 Å². The van der Waals surface area contributed by atoms with Crippen molar-refractivity contribution >= 4 is 12.3 Å². The molecule has 0 heterocycles. The van der Waals surface area contributed by atoms with Gasteiger partial charge in [0, 0.05) is 0 Å². The molecule has 0 aromatic heterocycles. The molecule has 0 amide bonds. The van der Waals surface area contributed by atoms with Gasteiger partial charge in [0.25, 0.3) is 0 Å². The Kier molecular flexibility index (Phi) is 7.07. The molecule has 0 spiro atoms. The average molecular weight is 234 g/mol. The highest BCUT2D eigenvalue weighted by molar-refractivity contribution is 5.77. The summed E-state index contributed by atoms with van der Waals surface area (Å²) in [5, 5.41) is 10.2. The van der Waals surface area contributed by atoms with E-state index >= 15 is 0 Å². The zero-order valence-corrected chi connectivity index (χ0v) is 10.0. The molecule has 0 aliphatic rings. The Morgan fingerprint density at radius 1 is 1.19 bits per heavy atom. The van der Waals surface area contributed by atoms with Crippen molar-refractivity contribution < 1.29 is 28.8 Å². The van der Waals surface area contributed by atoms with E-state index in [4.69, 9.17) is 9.47 Å². The van der Waals surface area contributed by atoms with Crippen LogP contribution in [0.4, 0.5) is 9.37 Å². The largest absolute Gasteiger partial charge is 0.735 e. The van der Waals surface area contributed by atoms with Crippen molar-refractivity contribution in [2.45, 2.75) is 52.7 Å². The van der Waals surface area contributed by atoms with Crippen LogP contribution < -0.4 is 5.26 Å². The van der Waals surface area contributed by atoms with Gasteiger partial charge in [-0.25, -0.2) is 4.74 Å². The molecule has 0 bridgehead atoms. The van der Waals surface area contributed by atoms with Gasteiger partial charge in [0.2, 0.25) is 0 Å². The van der Waals surface area contributed by atoms with Crippen LogP contribution in [-0.4, -0.2) is 24.5 Å². The highest BCUT2D eigenvalue weighted by Crippen LogP contribution is 2.03. The summed E-state index contributed by atoms with van der Waals surface area (Å²) in [5.41, 5.74) is 0.